The molecular formula is C20H21Cl2N5O. The van der Waals surface area contributed by atoms with Gasteiger partial charge in [0, 0.05) is 30.2 Å². The van der Waals surface area contributed by atoms with E-state index in [-0.39, 0.29) is 24.4 Å². The second kappa shape index (κ2) is 8.73. The minimum absolute atomic E-state index is 0. The number of hydrogen-bond acceptors (Lipinski definition) is 4. The Hall–Kier alpha value is -2.41. The van der Waals surface area contributed by atoms with Crippen molar-refractivity contribution in [1.82, 2.24) is 25.0 Å². The molecule has 6 nitrogen and oxygen atoms in total. The fourth-order valence-corrected chi connectivity index (χ4v) is 3.78. The molecule has 2 heterocycles. The summed E-state index contributed by atoms with van der Waals surface area (Å²) in [4.78, 5) is 19.1. The fourth-order valence-electron chi connectivity index (χ4n) is 3.51. The van der Waals surface area contributed by atoms with Gasteiger partial charge in [-0.15, -0.1) is 12.4 Å². The third-order valence-electron chi connectivity index (χ3n) is 4.88. The Bertz CT molecular complexity index is 961. The zero-order valence-corrected chi connectivity index (χ0v) is 17.0. The number of aryl methyl sites for hydroxylation is 1. The van der Waals surface area contributed by atoms with Crippen molar-refractivity contribution in [3.8, 4) is 5.69 Å². The van der Waals surface area contributed by atoms with E-state index in [0.29, 0.717) is 23.7 Å². The molecule has 1 saturated heterocycles. The number of halogens is 2. The molecule has 1 aromatic heterocycles. The van der Waals surface area contributed by atoms with Gasteiger partial charge in [-0.05, 0) is 42.3 Å². The van der Waals surface area contributed by atoms with Crippen LogP contribution >= 0.6 is 24.0 Å². The van der Waals surface area contributed by atoms with Crippen LogP contribution in [0.15, 0.2) is 55.1 Å². The van der Waals surface area contributed by atoms with Crippen LogP contribution in [-0.4, -0.2) is 45.2 Å². The number of carbonyl (C=O) groups is 1. The molecule has 1 N–H and O–H groups in total. The van der Waals surface area contributed by atoms with E-state index in [0.717, 1.165) is 23.4 Å². The number of amides is 1. The SMILES string of the molecule is Cc1cc(C(=O)N2CCNCC2c2ccccc2Cl)ccc1-n1cncn1.Cl. The second-order valence-electron chi connectivity index (χ2n) is 6.58. The maximum Gasteiger partial charge on any atom is 0.254 e. The van der Waals surface area contributed by atoms with E-state index in [1.807, 2.05) is 54.3 Å². The first-order valence-corrected chi connectivity index (χ1v) is 9.24. The van der Waals surface area contributed by atoms with Crippen molar-refractivity contribution in [1.29, 1.82) is 0 Å². The van der Waals surface area contributed by atoms with Crippen LogP contribution in [0, 0.1) is 6.92 Å². The molecule has 0 aliphatic carbocycles. The van der Waals surface area contributed by atoms with Gasteiger partial charge in [-0.25, -0.2) is 9.67 Å². The fraction of sp³-hybridized carbons (Fsp3) is 0.250. The largest absolute Gasteiger partial charge is 0.329 e. The van der Waals surface area contributed by atoms with Crippen molar-refractivity contribution < 1.29 is 4.79 Å². The van der Waals surface area contributed by atoms with Crippen LogP contribution in [-0.2, 0) is 0 Å². The van der Waals surface area contributed by atoms with Crippen molar-refractivity contribution in [3.05, 3.63) is 76.8 Å². The maximum atomic E-state index is 13.3. The molecule has 3 aromatic rings. The summed E-state index contributed by atoms with van der Waals surface area (Å²) in [5, 5.41) is 8.21. The van der Waals surface area contributed by atoms with Gasteiger partial charge in [0.15, 0.2) is 0 Å². The Morgan fingerprint density at radius 3 is 2.79 bits per heavy atom. The van der Waals surface area contributed by atoms with Gasteiger partial charge in [-0.1, -0.05) is 29.8 Å². The minimum Gasteiger partial charge on any atom is -0.329 e. The third-order valence-corrected chi connectivity index (χ3v) is 5.22. The highest BCUT2D eigenvalue weighted by atomic mass is 35.5. The second-order valence-corrected chi connectivity index (χ2v) is 6.99. The summed E-state index contributed by atoms with van der Waals surface area (Å²) in [5.74, 6) is 0.00894. The third kappa shape index (κ3) is 3.90. The Morgan fingerprint density at radius 2 is 2.07 bits per heavy atom. The van der Waals surface area contributed by atoms with Gasteiger partial charge in [-0.2, -0.15) is 5.10 Å². The van der Waals surface area contributed by atoms with E-state index in [2.05, 4.69) is 15.4 Å². The number of nitrogens with zero attached hydrogens (tertiary/aromatic N) is 4. The summed E-state index contributed by atoms with van der Waals surface area (Å²) < 4.78 is 1.70. The molecule has 1 atom stereocenters. The molecule has 0 saturated carbocycles. The molecule has 1 amide bonds. The van der Waals surface area contributed by atoms with Crippen molar-refractivity contribution in [3.63, 3.8) is 0 Å². The lowest BCUT2D eigenvalue weighted by molar-refractivity contribution is 0.0634. The number of aromatic nitrogens is 3. The van der Waals surface area contributed by atoms with Gasteiger partial charge in [0.05, 0.1) is 11.7 Å². The highest BCUT2D eigenvalue weighted by Gasteiger charge is 2.30. The predicted octanol–water partition coefficient (Wildman–Crippen LogP) is 3.44. The Morgan fingerprint density at radius 1 is 1.25 bits per heavy atom. The Labute approximate surface area is 174 Å². The van der Waals surface area contributed by atoms with Crippen molar-refractivity contribution in [2.75, 3.05) is 19.6 Å². The van der Waals surface area contributed by atoms with E-state index >= 15 is 0 Å². The smallest absolute Gasteiger partial charge is 0.254 e. The summed E-state index contributed by atoms with van der Waals surface area (Å²) in [7, 11) is 0. The van der Waals surface area contributed by atoms with E-state index in [1.165, 1.54) is 6.33 Å². The topological polar surface area (TPSA) is 63.1 Å². The molecule has 28 heavy (non-hydrogen) atoms. The quantitative estimate of drug-likeness (QED) is 0.708. The lowest BCUT2D eigenvalue weighted by Gasteiger charge is -2.37. The van der Waals surface area contributed by atoms with Crippen molar-refractivity contribution >= 4 is 29.9 Å². The molecule has 1 aliphatic rings. The van der Waals surface area contributed by atoms with Crippen LogP contribution in [0.2, 0.25) is 5.02 Å². The number of benzene rings is 2. The summed E-state index contributed by atoms with van der Waals surface area (Å²) in [6.07, 6.45) is 3.14. The average molecular weight is 418 g/mol. The molecule has 0 bridgehead atoms. The molecule has 1 unspecified atom stereocenters. The summed E-state index contributed by atoms with van der Waals surface area (Å²) >= 11 is 6.40. The number of piperazine rings is 1. The minimum atomic E-state index is -0.0877. The number of carbonyl (C=O) groups excluding carboxylic acids is 1. The molecular weight excluding hydrogens is 397 g/mol. The van der Waals surface area contributed by atoms with Crippen LogP contribution in [0.3, 0.4) is 0 Å². The highest BCUT2D eigenvalue weighted by molar-refractivity contribution is 6.31. The van der Waals surface area contributed by atoms with Crippen LogP contribution < -0.4 is 5.32 Å². The molecule has 1 fully saturated rings. The number of rotatable bonds is 3. The summed E-state index contributed by atoms with van der Waals surface area (Å²) in [5.41, 5.74) is 3.51. The predicted molar refractivity (Wildman–Crippen MR) is 111 cm³/mol. The first-order valence-electron chi connectivity index (χ1n) is 8.87. The van der Waals surface area contributed by atoms with Gasteiger partial charge in [0.2, 0.25) is 0 Å². The molecule has 4 rings (SSSR count). The van der Waals surface area contributed by atoms with E-state index < -0.39 is 0 Å². The molecule has 146 valence electrons. The monoisotopic (exact) mass is 417 g/mol. The van der Waals surface area contributed by atoms with E-state index in [1.54, 1.807) is 11.0 Å². The average Bonchev–Trinajstić information content (AvgIpc) is 3.22. The van der Waals surface area contributed by atoms with E-state index in [9.17, 15) is 4.79 Å². The van der Waals surface area contributed by atoms with Gasteiger partial charge in [0.1, 0.15) is 12.7 Å². The van der Waals surface area contributed by atoms with Crippen molar-refractivity contribution in [2.24, 2.45) is 0 Å². The van der Waals surface area contributed by atoms with Gasteiger partial charge in [0.25, 0.3) is 5.91 Å². The molecule has 0 radical (unpaired) electrons. The first kappa shape index (κ1) is 20.3. The maximum absolute atomic E-state index is 13.3. The zero-order chi connectivity index (χ0) is 18.8. The Kier molecular flexibility index (Phi) is 6.34. The normalized spacial score (nSPS) is 16.5. The number of nitrogens with one attached hydrogen (secondary N) is 1. The summed E-state index contributed by atoms with van der Waals surface area (Å²) in [6, 6.07) is 13.3. The highest BCUT2D eigenvalue weighted by Crippen LogP contribution is 2.30. The van der Waals surface area contributed by atoms with Gasteiger partial charge >= 0.3 is 0 Å². The molecule has 1 aliphatic heterocycles. The summed E-state index contributed by atoms with van der Waals surface area (Å²) in [6.45, 7) is 4.06. The Balaban J connectivity index is 0.00000225. The first-order chi connectivity index (χ1) is 13.1. The van der Waals surface area contributed by atoms with E-state index in [4.69, 9.17) is 11.6 Å². The lowest BCUT2D eigenvalue weighted by Crippen LogP contribution is -2.48. The lowest BCUT2D eigenvalue weighted by atomic mass is 10.0. The van der Waals surface area contributed by atoms with Gasteiger partial charge < -0.3 is 10.2 Å². The van der Waals surface area contributed by atoms with Gasteiger partial charge in [-0.3, -0.25) is 4.79 Å². The van der Waals surface area contributed by atoms with Crippen molar-refractivity contribution in [2.45, 2.75) is 13.0 Å². The zero-order valence-electron chi connectivity index (χ0n) is 15.4. The molecule has 8 heteroatoms. The van der Waals surface area contributed by atoms with Crippen LogP contribution in [0.5, 0.6) is 0 Å². The standard InChI is InChI=1S/C20H20ClN5O.ClH/c1-14-10-15(6-7-18(14)26-13-23-12-24-26)20(27)25-9-8-22-11-19(25)16-4-2-3-5-17(16)21;/h2-7,10,12-13,19,22H,8-9,11H2,1H3;1H. The van der Waals surface area contributed by atoms with Crippen LogP contribution in [0.1, 0.15) is 27.5 Å². The molecule has 2 aromatic carbocycles. The van der Waals surface area contributed by atoms with Crippen LogP contribution in [0.4, 0.5) is 0 Å². The van der Waals surface area contributed by atoms with Crippen LogP contribution in [0.25, 0.3) is 5.69 Å². The number of hydrogen-bond donors (Lipinski definition) is 1. The molecule has 0 spiro atoms.